The van der Waals surface area contributed by atoms with Gasteiger partial charge in [0.1, 0.15) is 5.92 Å². The van der Waals surface area contributed by atoms with Gasteiger partial charge in [0, 0.05) is 15.6 Å². The Balaban J connectivity index is 2.50. The first-order valence-corrected chi connectivity index (χ1v) is 6.72. The summed E-state index contributed by atoms with van der Waals surface area (Å²) in [4.78, 5) is 12.3. The van der Waals surface area contributed by atoms with Crippen LogP contribution in [0.3, 0.4) is 0 Å². The largest absolute Gasteiger partial charge is 0.457 e. The molecule has 1 aromatic heterocycles. The van der Waals surface area contributed by atoms with Crippen LogP contribution in [0.5, 0.6) is 0 Å². The van der Waals surface area contributed by atoms with Crippen LogP contribution in [0.25, 0.3) is 0 Å². The minimum absolute atomic E-state index is 0.279. The van der Waals surface area contributed by atoms with Crippen molar-refractivity contribution in [2.45, 2.75) is 5.92 Å². The zero-order chi connectivity index (χ0) is 14.0. The molecule has 0 fully saturated rings. The second-order valence-electron chi connectivity index (χ2n) is 3.67. The Morgan fingerprint density at radius 2 is 1.95 bits per heavy atom. The highest BCUT2D eigenvalue weighted by Crippen LogP contribution is 2.34. The van der Waals surface area contributed by atoms with E-state index in [0.717, 1.165) is 0 Å². The van der Waals surface area contributed by atoms with Gasteiger partial charge in [0.15, 0.2) is 10.5 Å². The molecule has 6 heteroatoms. The van der Waals surface area contributed by atoms with Crippen LogP contribution in [0.2, 0.25) is 10.0 Å². The molecule has 0 aliphatic rings. The van der Waals surface area contributed by atoms with Crippen molar-refractivity contribution in [3.63, 3.8) is 0 Å². The summed E-state index contributed by atoms with van der Waals surface area (Å²) in [6.45, 7) is 0. The Bertz CT molecular complexity index is 655. The lowest BCUT2D eigenvalue weighted by molar-refractivity contribution is 0.0977. The molecule has 0 spiro atoms. The van der Waals surface area contributed by atoms with Crippen molar-refractivity contribution < 1.29 is 9.21 Å². The van der Waals surface area contributed by atoms with Crippen LogP contribution in [0, 0.1) is 11.3 Å². The van der Waals surface area contributed by atoms with Crippen LogP contribution < -0.4 is 0 Å². The Hall–Kier alpha value is -1.28. The van der Waals surface area contributed by atoms with Crippen molar-refractivity contribution in [2.75, 3.05) is 0 Å². The number of halogens is 3. The number of carbonyl (C=O) groups excluding carboxylic acids is 1. The molecule has 1 heterocycles. The summed E-state index contributed by atoms with van der Waals surface area (Å²) >= 11 is 15.2. The van der Waals surface area contributed by atoms with Gasteiger partial charge in [0.2, 0.25) is 0 Å². The molecule has 1 unspecified atom stereocenters. The van der Waals surface area contributed by atoms with Crippen molar-refractivity contribution in [1.82, 2.24) is 0 Å². The monoisotopic (exact) mass is 357 g/mol. The van der Waals surface area contributed by atoms with Crippen LogP contribution in [-0.2, 0) is 0 Å². The number of carbonyl (C=O) groups is 1. The van der Waals surface area contributed by atoms with Crippen LogP contribution in [0.4, 0.5) is 0 Å². The third-order valence-corrected chi connectivity index (χ3v) is 3.84. The number of rotatable bonds is 3. The van der Waals surface area contributed by atoms with E-state index in [9.17, 15) is 10.1 Å². The topological polar surface area (TPSA) is 54.0 Å². The third kappa shape index (κ3) is 2.69. The van der Waals surface area contributed by atoms with Crippen LogP contribution >= 0.6 is 39.1 Å². The molecule has 19 heavy (non-hydrogen) atoms. The zero-order valence-corrected chi connectivity index (χ0v) is 12.5. The average molecular weight is 359 g/mol. The number of Topliss-reactive ketones (excluding diaryl/α,β-unsaturated/α-hetero) is 1. The van der Waals surface area contributed by atoms with Gasteiger partial charge in [-0.25, -0.2) is 0 Å². The molecular formula is C13H6BrCl2NO2. The number of ketones is 1. The van der Waals surface area contributed by atoms with Crippen molar-refractivity contribution in [2.24, 2.45) is 0 Å². The van der Waals surface area contributed by atoms with E-state index in [1.807, 2.05) is 6.07 Å². The normalized spacial score (nSPS) is 11.9. The second-order valence-corrected chi connectivity index (χ2v) is 5.20. The number of nitriles is 1. The highest BCUT2D eigenvalue weighted by atomic mass is 79.9. The number of nitrogens with zero attached hydrogens (tertiary/aromatic N) is 1. The summed E-state index contributed by atoms with van der Waals surface area (Å²) in [6.07, 6.45) is 1.36. The number of hydrogen-bond acceptors (Lipinski definition) is 3. The van der Waals surface area contributed by atoms with Gasteiger partial charge in [-0.2, -0.15) is 5.26 Å². The summed E-state index contributed by atoms with van der Waals surface area (Å²) in [5.74, 6) is -1.49. The first-order chi connectivity index (χ1) is 9.06. The maximum Gasteiger partial charge on any atom is 0.188 e. The molecule has 2 aromatic rings. The SMILES string of the molecule is N#CC(C(=O)c1ccoc1Br)c1c(Cl)cccc1Cl. The van der Waals surface area contributed by atoms with Crippen molar-refractivity contribution >= 4 is 44.9 Å². The molecule has 0 bridgehead atoms. The Morgan fingerprint density at radius 1 is 1.32 bits per heavy atom. The van der Waals surface area contributed by atoms with Gasteiger partial charge in [-0.1, -0.05) is 29.3 Å². The third-order valence-electron chi connectivity index (χ3n) is 2.56. The summed E-state index contributed by atoms with van der Waals surface area (Å²) in [7, 11) is 0. The van der Waals surface area contributed by atoms with Crippen LogP contribution in [-0.4, -0.2) is 5.78 Å². The lowest BCUT2D eigenvalue weighted by Gasteiger charge is -2.11. The second kappa shape index (κ2) is 5.79. The lowest BCUT2D eigenvalue weighted by Crippen LogP contribution is -2.12. The minimum Gasteiger partial charge on any atom is -0.457 e. The molecule has 2 rings (SSSR count). The van der Waals surface area contributed by atoms with Crippen LogP contribution in [0.15, 0.2) is 39.6 Å². The van der Waals surface area contributed by atoms with Crippen molar-refractivity contribution in [3.05, 3.63) is 56.4 Å². The van der Waals surface area contributed by atoms with Crippen LogP contribution in [0.1, 0.15) is 21.8 Å². The van der Waals surface area contributed by atoms with Gasteiger partial charge in [-0.3, -0.25) is 4.79 Å². The highest BCUT2D eigenvalue weighted by Gasteiger charge is 2.28. The van der Waals surface area contributed by atoms with E-state index in [0.29, 0.717) is 5.56 Å². The Morgan fingerprint density at radius 3 is 2.42 bits per heavy atom. The maximum atomic E-state index is 12.3. The van der Waals surface area contributed by atoms with E-state index < -0.39 is 11.7 Å². The minimum atomic E-state index is -1.07. The molecule has 0 N–H and O–H groups in total. The first-order valence-electron chi connectivity index (χ1n) is 5.17. The van der Waals surface area contributed by atoms with Gasteiger partial charge >= 0.3 is 0 Å². The van der Waals surface area contributed by atoms with Crippen molar-refractivity contribution in [1.29, 1.82) is 5.26 Å². The van der Waals surface area contributed by atoms with E-state index in [-0.39, 0.29) is 20.3 Å². The smallest absolute Gasteiger partial charge is 0.188 e. The maximum absolute atomic E-state index is 12.3. The number of hydrogen-bond donors (Lipinski definition) is 0. The standard InChI is InChI=1S/C13H6BrCl2NO2/c14-13-7(4-5-19-13)12(18)8(6-17)11-9(15)2-1-3-10(11)16/h1-5,8H. The molecular weight excluding hydrogens is 353 g/mol. The molecule has 1 aromatic carbocycles. The van der Waals surface area contributed by atoms with E-state index in [1.165, 1.54) is 12.3 Å². The molecule has 0 saturated heterocycles. The summed E-state index contributed by atoms with van der Waals surface area (Å²) in [6, 6.07) is 8.25. The molecule has 3 nitrogen and oxygen atoms in total. The van der Waals surface area contributed by atoms with Gasteiger partial charge in [0.25, 0.3) is 0 Å². The average Bonchev–Trinajstić information content (AvgIpc) is 2.79. The fourth-order valence-corrected chi connectivity index (χ4v) is 2.72. The molecule has 0 radical (unpaired) electrons. The quantitative estimate of drug-likeness (QED) is 0.737. The summed E-state index contributed by atoms with van der Waals surface area (Å²) in [5.41, 5.74) is 0.592. The van der Waals surface area contributed by atoms with Gasteiger partial charge in [-0.05, 0) is 34.1 Å². The number of furan rings is 1. The van der Waals surface area contributed by atoms with Crippen molar-refractivity contribution in [3.8, 4) is 6.07 Å². The van der Waals surface area contributed by atoms with E-state index in [2.05, 4.69) is 15.9 Å². The lowest BCUT2D eigenvalue weighted by atomic mass is 9.93. The predicted octanol–water partition coefficient (Wildman–Crippen LogP) is 4.84. The zero-order valence-electron chi connectivity index (χ0n) is 9.36. The Kier molecular flexibility index (Phi) is 4.31. The van der Waals surface area contributed by atoms with E-state index in [4.69, 9.17) is 27.6 Å². The fourth-order valence-electron chi connectivity index (χ4n) is 1.67. The molecule has 0 saturated carbocycles. The molecule has 0 amide bonds. The van der Waals surface area contributed by atoms with E-state index >= 15 is 0 Å². The van der Waals surface area contributed by atoms with E-state index in [1.54, 1.807) is 18.2 Å². The summed E-state index contributed by atoms with van der Waals surface area (Å²) < 4.78 is 5.28. The summed E-state index contributed by atoms with van der Waals surface area (Å²) in [5, 5.41) is 9.82. The first kappa shape index (κ1) is 14.1. The molecule has 0 aliphatic heterocycles. The van der Waals surface area contributed by atoms with Gasteiger partial charge < -0.3 is 4.42 Å². The number of benzene rings is 1. The Labute approximate surface area is 127 Å². The molecule has 1 atom stereocenters. The molecule has 0 aliphatic carbocycles. The van der Waals surface area contributed by atoms with Gasteiger partial charge in [-0.15, -0.1) is 0 Å². The predicted molar refractivity (Wildman–Crippen MR) is 75.6 cm³/mol. The highest BCUT2D eigenvalue weighted by molar-refractivity contribution is 9.10. The molecule has 96 valence electrons. The fraction of sp³-hybridized carbons (Fsp3) is 0.0769. The van der Waals surface area contributed by atoms with Gasteiger partial charge in [0.05, 0.1) is 17.9 Å².